The standard InChI is InChI=1S/C8H9BrN2O/c9-7-3-6-1-2-11(5-12)8(6)10-4-7/h3-4,12H,1-2,5H2. The van der Waals surface area contributed by atoms with Gasteiger partial charge in [0.2, 0.25) is 0 Å². The van der Waals surface area contributed by atoms with Gasteiger partial charge in [0, 0.05) is 17.2 Å². The molecule has 0 spiro atoms. The summed E-state index contributed by atoms with van der Waals surface area (Å²) in [4.78, 5) is 6.09. The van der Waals surface area contributed by atoms with Crippen molar-refractivity contribution in [3.05, 3.63) is 22.3 Å². The Bertz CT molecular complexity index is 303. The van der Waals surface area contributed by atoms with Crippen molar-refractivity contribution >= 4 is 21.7 Å². The molecule has 0 atom stereocenters. The van der Waals surface area contributed by atoms with Crippen LogP contribution in [0.3, 0.4) is 0 Å². The van der Waals surface area contributed by atoms with Gasteiger partial charge in [-0.25, -0.2) is 4.98 Å². The first-order chi connectivity index (χ1) is 5.81. The SMILES string of the molecule is OCN1CCc2cc(Br)cnc21. The summed E-state index contributed by atoms with van der Waals surface area (Å²) < 4.78 is 1.00. The number of hydrogen-bond acceptors (Lipinski definition) is 3. The first kappa shape index (κ1) is 8.01. The molecule has 1 aromatic heterocycles. The van der Waals surface area contributed by atoms with E-state index in [-0.39, 0.29) is 6.73 Å². The molecule has 0 radical (unpaired) electrons. The normalized spacial score (nSPS) is 15.0. The zero-order valence-electron chi connectivity index (χ0n) is 6.50. The van der Waals surface area contributed by atoms with Gasteiger partial charge in [0.05, 0.1) is 0 Å². The fourth-order valence-corrected chi connectivity index (χ4v) is 1.82. The molecule has 1 N–H and O–H groups in total. The van der Waals surface area contributed by atoms with Crippen molar-refractivity contribution in [3.8, 4) is 0 Å². The predicted octanol–water partition coefficient (Wildman–Crippen LogP) is 1.16. The number of halogens is 1. The van der Waals surface area contributed by atoms with Crippen molar-refractivity contribution in [2.45, 2.75) is 6.42 Å². The van der Waals surface area contributed by atoms with Crippen LogP contribution in [0.2, 0.25) is 0 Å². The molecule has 0 bridgehead atoms. The van der Waals surface area contributed by atoms with Crippen molar-refractivity contribution in [2.24, 2.45) is 0 Å². The second-order valence-corrected chi connectivity index (χ2v) is 3.71. The minimum absolute atomic E-state index is 0.0572. The second-order valence-electron chi connectivity index (χ2n) is 2.79. The average Bonchev–Trinajstić information content (AvgIpc) is 2.46. The van der Waals surface area contributed by atoms with Crippen LogP contribution in [-0.4, -0.2) is 23.4 Å². The van der Waals surface area contributed by atoms with Crippen molar-refractivity contribution in [1.29, 1.82) is 0 Å². The highest BCUT2D eigenvalue weighted by atomic mass is 79.9. The van der Waals surface area contributed by atoms with Crippen molar-refractivity contribution in [1.82, 2.24) is 4.98 Å². The van der Waals surface area contributed by atoms with Gasteiger partial charge in [-0.05, 0) is 34.0 Å². The van der Waals surface area contributed by atoms with Crippen LogP contribution in [0.4, 0.5) is 5.82 Å². The summed E-state index contributed by atoms with van der Waals surface area (Å²) in [6, 6.07) is 2.05. The second kappa shape index (κ2) is 3.03. The van der Waals surface area contributed by atoms with Crippen LogP contribution >= 0.6 is 15.9 Å². The van der Waals surface area contributed by atoms with Crippen LogP contribution in [0, 0.1) is 0 Å². The van der Waals surface area contributed by atoms with E-state index in [0.29, 0.717) is 0 Å². The first-order valence-electron chi connectivity index (χ1n) is 3.81. The molecule has 2 rings (SSSR count). The van der Waals surface area contributed by atoms with Crippen molar-refractivity contribution in [3.63, 3.8) is 0 Å². The fourth-order valence-electron chi connectivity index (χ4n) is 1.44. The summed E-state index contributed by atoms with van der Waals surface area (Å²) in [5.41, 5.74) is 1.21. The summed E-state index contributed by atoms with van der Waals surface area (Å²) in [5, 5.41) is 8.96. The molecule has 0 saturated carbocycles. The lowest BCUT2D eigenvalue weighted by molar-refractivity contribution is 0.293. The average molecular weight is 229 g/mol. The van der Waals surface area contributed by atoms with E-state index in [1.165, 1.54) is 5.56 Å². The number of nitrogens with zero attached hydrogens (tertiary/aromatic N) is 2. The Hall–Kier alpha value is -0.610. The molecule has 0 saturated heterocycles. The number of fused-ring (bicyclic) bond motifs is 1. The van der Waals surface area contributed by atoms with Crippen molar-refractivity contribution in [2.75, 3.05) is 18.2 Å². The topological polar surface area (TPSA) is 36.4 Å². The van der Waals surface area contributed by atoms with Gasteiger partial charge in [-0.2, -0.15) is 0 Å². The lowest BCUT2D eigenvalue weighted by Crippen LogP contribution is -2.21. The summed E-state index contributed by atoms with van der Waals surface area (Å²) in [5.74, 6) is 0.917. The van der Waals surface area contributed by atoms with Gasteiger partial charge in [-0.3, -0.25) is 0 Å². The molecule has 2 heterocycles. The van der Waals surface area contributed by atoms with E-state index in [0.717, 1.165) is 23.3 Å². The molecule has 1 aromatic rings. The summed E-state index contributed by atoms with van der Waals surface area (Å²) >= 11 is 3.36. The Kier molecular flexibility index (Phi) is 2.02. The van der Waals surface area contributed by atoms with Crippen LogP contribution < -0.4 is 4.90 Å². The summed E-state index contributed by atoms with van der Waals surface area (Å²) in [7, 11) is 0. The van der Waals surface area contributed by atoms with E-state index in [4.69, 9.17) is 5.11 Å². The van der Waals surface area contributed by atoms with E-state index >= 15 is 0 Å². The molecule has 0 fully saturated rings. The molecule has 0 aliphatic carbocycles. The zero-order valence-corrected chi connectivity index (χ0v) is 8.08. The Morgan fingerprint density at radius 1 is 1.67 bits per heavy atom. The molecule has 0 unspecified atom stereocenters. The van der Waals surface area contributed by atoms with Crippen molar-refractivity contribution < 1.29 is 5.11 Å². The van der Waals surface area contributed by atoms with E-state index in [1.807, 2.05) is 4.90 Å². The minimum atomic E-state index is 0.0572. The summed E-state index contributed by atoms with van der Waals surface area (Å²) in [6.07, 6.45) is 2.73. The molecule has 1 aliphatic rings. The number of aliphatic hydroxyl groups excluding tert-OH is 1. The fraction of sp³-hybridized carbons (Fsp3) is 0.375. The number of aliphatic hydroxyl groups is 1. The number of rotatable bonds is 1. The highest BCUT2D eigenvalue weighted by Gasteiger charge is 2.19. The Balaban J connectivity index is 2.40. The molecular formula is C8H9BrN2O. The predicted molar refractivity (Wildman–Crippen MR) is 50.1 cm³/mol. The minimum Gasteiger partial charge on any atom is -0.376 e. The number of pyridine rings is 1. The van der Waals surface area contributed by atoms with E-state index in [1.54, 1.807) is 6.20 Å². The number of aromatic nitrogens is 1. The summed E-state index contributed by atoms with van der Waals surface area (Å²) in [6.45, 7) is 0.927. The lowest BCUT2D eigenvalue weighted by atomic mass is 10.2. The van der Waals surface area contributed by atoms with Gasteiger partial charge in [0.15, 0.2) is 0 Å². The molecule has 4 heteroatoms. The zero-order chi connectivity index (χ0) is 8.55. The largest absolute Gasteiger partial charge is 0.376 e. The van der Waals surface area contributed by atoms with Gasteiger partial charge >= 0.3 is 0 Å². The van der Waals surface area contributed by atoms with Crippen LogP contribution in [0.15, 0.2) is 16.7 Å². The van der Waals surface area contributed by atoms with E-state index < -0.39 is 0 Å². The van der Waals surface area contributed by atoms with E-state index in [2.05, 4.69) is 27.0 Å². The Labute approximate surface area is 79.2 Å². The first-order valence-corrected chi connectivity index (χ1v) is 4.61. The van der Waals surface area contributed by atoms with Gasteiger partial charge < -0.3 is 10.0 Å². The maximum Gasteiger partial charge on any atom is 0.133 e. The maximum atomic E-state index is 8.96. The maximum absolute atomic E-state index is 8.96. The quantitative estimate of drug-likeness (QED) is 0.784. The third kappa shape index (κ3) is 1.21. The smallest absolute Gasteiger partial charge is 0.133 e. The number of anilines is 1. The molecular weight excluding hydrogens is 220 g/mol. The molecule has 1 aliphatic heterocycles. The van der Waals surface area contributed by atoms with E-state index in [9.17, 15) is 0 Å². The molecule has 0 amide bonds. The lowest BCUT2D eigenvalue weighted by Gasteiger charge is -2.13. The highest BCUT2D eigenvalue weighted by molar-refractivity contribution is 9.10. The highest BCUT2D eigenvalue weighted by Crippen LogP contribution is 2.26. The van der Waals surface area contributed by atoms with Crippen LogP contribution in [0.5, 0.6) is 0 Å². The molecule has 64 valence electrons. The Morgan fingerprint density at radius 2 is 2.50 bits per heavy atom. The van der Waals surface area contributed by atoms with Crippen LogP contribution in [-0.2, 0) is 6.42 Å². The van der Waals surface area contributed by atoms with Gasteiger partial charge in [0.1, 0.15) is 12.5 Å². The molecule has 3 nitrogen and oxygen atoms in total. The third-order valence-corrected chi connectivity index (χ3v) is 2.46. The van der Waals surface area contributed by atoms with Gasteiger partial charge in [-0.1, -0.05) is 0 Å². The van der Waals surface area contributed by atoms with Gasteiger partial charge in [0.25, 0.3) is 0 Å². The van der Waals surface area contributed by atoms with Crippen LogP contribution in [0.25, 0.3) is 0 Å². The van der Waals surface area contributed by atoms with Gasteiger partial charge in [-0.15, -0.1) is 0 Å². The monoisotopic (exact) mass is 228 g/mol. The molecule has 0 aromatic carbocycles. The van der Waals surface area contributed by atoms with Crippen LogP contribution in [0.1, 0.15) is 5.56 Å². The third-order valence-electron chi connectivity index (χ3n) is 2.03. The number of hydrogen-bond donors (Lipinski definition) is 1. The molecule has 12 heavy (non-hydrogen) atoms. The Morgan fingerprint density at radius 3 is 3.25 bits per heavy atom.